The molecule has 0 saturated carbocycles. The summed E-state index contributed by atoms with van der Waals surface area (Å²) in [5.41, 5.74) is -0.301. The molecule has 19 heavy (non-hydrogen) atoms. The third-order valence-corrected chi connectivity index (χ3v) is 2.46. The minimum Gasteiger partial charge on any atom is -0.365 e. The maximum atomic E-state index is 12.9. The Morgan fingerprint density at radius 3 is 2.58 bits per heavy atom. The van der Waals surface area contributed by atoms with E-state index in [-0.39, 0.29) is 12.4 Å². The van der Waals surface area contributed by atoms with Gasteiger partial charge in [0.05, 0.1) is 5.56 Å². The first kappa shape index (κ1) is 13.3. The molecule has 0 aliphatic heterocycles. The molecule has 0 fully saturated rings. The molecular weight excluding hydrogens is 260 g/mol. The van der Waals surface area contributed by atoms with Crippen molar-refractivity contribution in [2.24, 2.45) is 0 Å². The van der Waals surface area contributed by atoms with Crippen LogP contribution in [0.25, 0.3) is 0 Å². The van der Waals surface area contributed by atoms with E-state index in [2.05, 4.69) is 10.3 Å². The summed E-state index contributed by atoms with van der Waals surface area (Å²) in [6, 6.07) is 7.80. The van der Waals surface area contributed by atoms with E-state index < -0.39 is 17.6 Å². The van der Waals surface area contributed by atoms with Crippen molar-refractivity contribution in [3.63, 3.8) is 0 Å². The molecule has 2 aromatic rings. The van der Waals surface area contributed by atoms with E-state index in [4.69, 9.17) is 0 Å². The summed E-state index contributed by atoms with van der Waals surface area (Å²) in [4.78, 5) is 3.66. The molecule has 0 amide bonds. The highest BCUT2D eigenvalue weighted by molar-refractivity contribution is 5.46. The van der Waals surface area contributed by atoms with E-state index in [9.17, 15) is 17.6 Å². The predicted octanol–water partition coefficient (Wildman–Crippen LogP) is 3.85. The van der Waals surface area contributed by atoms with Crippen molar-refractivity contribution in [3.8, 4) is 0 Å². The maximum absolute atomic E-state index is 12.9. The van der Waals surface area contributed by atoms with Gasteiger partial charge in [0.15, 0.2) is 0 Å². The zero-order chi connectivity index (χ0) is 13.9. The van der Waals surface area contributed by atoms with Crippen LogP contribution in [0.5, 0.6) is 0 Å². The second-order valence-electron chi connectivity index (χ2n) is 3.88. The van der Waals surface area contributed by atoms with Gasteiger partial charge >= 0.3 is 6.18 Å². The molecule has 1 aromatic heterocycles. The predicted molar refractivity (Wildman–Crippen MR) is 63.0 cm³/mol. The van der Waals surface area contributed by atoms with Gasteiger partial charge in [0.1, 0.15) is 11.6 Å². The third kappa shape index (κ3) is 3.43. The van der Waals surface area contributed by atoms with E-state index in [0.29, 0.717) is 5.56 Å². The van der Waals surface area contributed by atoms with E-state index in [1.807, 2.05) is 0 Å². The number of halogens is 4. The molecule has 6 heteroatoms. The van der Waals surface area contributed by atoms with Crippen LogP contribution in [-0.4, -0.2) is 4.98 Å². The van der Waals surface area contributed by atoms with Gasteiger partial charge in [-0.1, -0.05) is 12.1 Å². The van der Waals surface area contributed by atoms with Crippen molar-refractivity contribution in [2.75, 3.05) is 5.32 Å². The van der Waals surface area contributed by atoms with Crippen molar-refractivity contribution in [2.45, 2.75) is 12.7 Å². The van der Waals surface area contributed by atoms with Gasteiger partial charge in [-0.25, -0.2) is 9.37 Å². The highest BCUT2D eigenvalue weighted by atomic mass is 19.4. The van der Waals surface area contributed by atoms with Gasteiger partial charge in [-0.3, -0.25) is 0 Å². The summed E-state index contributed by atoms with van der Waals surface area (Å²) in [7, 11) is 0. The van der Waals surface area contributed by atoms with Crippen molar-refractivity contribution in [1.82, 2.24) is 4.98 Å². The van der Waals surface area contributed by atoms with E-state index in [1.165, 1.54) is 30.5 Å². The monoisotopic (exact) mass is 270 g/mol. The minimum absolute atomic E-state index is 0.0673. The number of hydrogen-bond acceptors (Lipinski definition) is 2. The van der Waals surface area contributed by atoms with Gasteiger partial charge in [-0.05, 0) is 29.8 Å². The summed E-state index contributed by atoms with van der Waals surface area (Å²) in [6.07, 6.45) is -3.21. The third-order valence-electron chi connectivity index (χ3n) is 2.46. The largest absolute Gasteiger partial charge is 0.419 e. The van der Waals surface area contributed by atoms with Crippen LogP contribution in [-0.2, 0) is 12.7 Å². The molecule has 0 unspecified atom stereocenters. The van der Waals surface area contributed by atoms with Gasteiger partial charge < -0.3 is 5.32 Å². The Kier molecular flexibility index (Phi) is 3.69. The fourth-order valence-electron chi connectivity index (χ4n) is 1.61. The van der Waals surface area contributed by atoms with Gasteiger partial charge in [0, 0.05) is 12.7 Å². The first-order chi connectivity index (χ1) is 8.97. The molecule has 0 aliphatic rings. The average Bonchev–Trinajstić information content (AvgIpc) is 2.36. The first-order valence-electron chi connectivity index (χ1n) is 5.47. The van der Waals surface area contributed by atoms with Crippen molar-refractivity contribution in [1.29, 1.82) is 0 Å². The molecule has 0 saturated heterocycles. The lowest BCUT2D eigenvalue weighted by atomic mass is 10.2. The molecule has 0 radical (unpaired) electrons. The van der Waals surface area contributed by atoms with Crippen LogP contribution >= 0.6 is 0 Å². The summed E-state index contributed by atoms with van der Waals surface area (Å²) < 4.78 is 51.0. The number of rotatable bonds is 3. The van der Waals surface area contributed by atoms with Gasteiger partial charge in [-0.15, -0.1) is 0 Å². The number of anilines is 1. The molecule has 1 aromatic carbocycles. The summed E-state index contributed by atoms with van der Waals surface area (Å²) in [5.74, 6) is -0.698. The number of nitrogens with zero attached hydrogens (tertiary/aromatic N) is 1. The molecule has 1 heterocycles. The highest BCUT2D eigenvalue weighted by Gasteiger charge is 2.33. The summed E-state index contributed by atoms with van der Waals surface area (Å²) >= 11 is 0. The zero-order valence-electron chi connectivity index (χ0n) is 9.71. The quantitative estimate of drug-likeness (QED) is 0.857. The molecule has 2 rings (SSSR count). The second kappa shape index (κ2) is 5.26. The Hall–Kier alpha value is -2.11. The maximum Gasteiger partial charge on any atom is 0.419 e. The van der Waals surface area contributed by atoms with E-state index in [1.54, 1.807) is 6.07 Å². The van der Waals surface area contributed by atoms with Crippen LogP contribution in [0.3, 0.4) is 0 Å². The lowest BCUT2D eigenvalue weighted by molar-refractivity contribution is -0.137. The van der Waals surface area contributed by atoms with Crippen molar-refractivity contribution < 1.29 is 17.6 Å². The van der Waals surface area contributed by atoms with Crippen LogP contribution in [0.1, 0.15) is 11.1 Å². The Balaban J connectivity index is 2.16. The fourth-order valence-corrected chi connectivity index (χ4v) is 1.61. The van der Waals surface area contributed by atoms with Crippen molar-refractivity contribution >= 4 is 5.82 Å². The van der Waals surface area contributed by atoms with Gasteiger partial charge in [0.2, 0.25) is 0 Å². The number of alkyl halides is 3. The standard InChI is InChI=1S/C13H10F4N2/c14-10-4-1-3-9(7-10)8-19-12-11(13(15,16)17)5-2-6-18-12/h1-7H,8H2,(H,18,19). The van der Waals surface area contributed by atoms with Gasteiger partial charge in [-0.2, -0.15) is 13.2 Å². The molecule has 0 atom stereocenters. The van der Waals surface area contributed by atoms with Crippen LogP contribution in [0.4, 0.5) is 23.4 Å². The molecule has 0 bridgehead atoms. The number of nitrogens with one attached hydrogen (secondary N) is 1. The average molecular weight is 270 g/mol. The van der Waals surface area contributed by atoms with E-state index in [0.717, 1.165) is 6.07 Å². The molecule has 2 nitrogen and oxygen atoms in total. The fraction of sp³-hybridized carbons (Fsp3) is 0.154. The lowest BCUT2D eigenvalue weighted by Gasteiger charge is -2.13. The van der Waals surface area contributed by atoms with Crippen LogP contribution in [0, 0.1) is 5.82 Å². The number of hydrogen-bond donors (Lipinski definition) is 1. The Morgan fingerprint density at radius 1 is 1.11 bits per heavy atom. The number of benzene rings is 1. The topological polar surface area (TPSA) is 24.9 Å². The molecule has 100 valence electrons. The zero-order valence-corrected chi connectivity index (χ0v) is 9.71. The minimum atomic E-state index is -4.47. The Labute approximate surface area is 107 Å². The molecule has 1 N–H and O–H groups in total. The molecule has 0 spiro atoms. The molecular formula is C13H10F4N2. The van der Waals surface area contributed by atoms with Gasteiger partial charge in [0.25, 0.3) is 0 Å². The van der Waals surface area contributed by atoms with E-state index >= 15 is 0 Å². The molecule has 0 aliphatic carbocycles. The van der Waals surface area contributed by atoms with Crippen LogP contribution < -0.4 is 5.32 Å². The first-order valence-corrected chi connectivity index (χ1v) is 5.47. The normalized spacial score (nSPS) is 11.4. The second-order valence-corrected chi connectivity index (χ2v) is 3.88. The smallest absolute Gasteiger partial charge is 0.365 e. The SMILES string of the molecule is Fc1cccc(CNc2ncccc2C(F)(F)F)c1. The van der Waals surface area contributed by atoms with Crippen molar-refractivity contribution in [3.05, 3.63) is 59.5 Å². The summed E-state index contributed by atoms with van der Waals surface area (Å²) in [6.45, 7) is 0.0673. The number of pyridine rings is 1. The Morgan fingerprint density at radius 2 is 1.89 bits per heavy atom. The summed E-state index contributed by atoms with van der Waals surface area (Å²) in [5, 5.41) is 2.57. The lowest BCUT2D eigenvalue weighted by Crippen LogP contribution is -2.12. The Bertz CT molecular complexity index is 567. The van der Waals surface area contributed by atoms with Crippen LogP contribution in [0.2, 0.25) is 0 Å². The number of aromatic nitrogens is 1. The highest BCUT2D eigenvalue weighted by Crippen LogP contribution is 2.33. The van der Waals surface area contributed by atoms with Crippen LogP contribution in [0.15, 0.2) is 42.6 Å².